The molecule has 0 fully saturated rings. The molecular formula is C13H14O2. The Morgan fingerprint density at radius 1 is 1.40 bits per heavy atom. The van der Waals surface area contributed by atoms with Gasteiger partial charge in [0.15, 0.2) is 0 Å². The lowest BCUT2D eigenvalue weighted by Crippen LogP contribution is -1.93. The van der Waals surface area contributed by atoms with Gasteiger partial charge >= 0.3 is 0 Å². The van der Waals surface area contributed by atoms with Gasteiger partial charge < -0.3 is 4.74 Å². The second-order valence-electron chi connectivity index (χ2n) is 3.34. The molecule has 0 radical (unpaired) electrons. The second-order valence-corrected chi connectivity index (χ2v) is 3.34. The molecule has 2 nitrogen and oxygen atoms in total. The van der Waals surface area contributed by atoms with Crippen molar-refractivity contribution < 1.29 is 9.53 Å². The number of hydrogen-bond donors (Lipinski definition) is 0. The van der Waals surface area contributed by atoms with Gasteiger partial charge in [-0.15, -0.1) is 0 Å². The SMILES string of the molecule is C=C(C)C(=C)c1cc(C=O)ccc1OC. The van der Waals surface area contributed by atoms with Crippen molar-refractivity contribution in [3.05, 3.63) is 48.1 Å². The van der Waals surface area contributed by atoms with E-state index in [0.717, 1.165) is 23.0 Å². The lowest BCUT2D eigenvalue weighted by atomic mass is 9.99. The zero-order chi connectivity index (χ0) is 11.4. The van der Waals surface area contributed by atoms with Gasteiger partial charge in [-0.2, -0.15) is 0 Å². The third-order valence-electron chi connectivity index (χ3n) is 2.20. The van der Waals surface area contributed by atoms with E-state index in [2.05, 4.69) is 13.2 Å². The minimum Gasteiger partial charge on any atom is -0.496 e. The fourth-order valence-electron chi connectivity index (χ4n) is 1.26. The van der Waals surface area contributed by atoms with E-state index in [-0.39, 0.29) is 0 Å². The van der Waals surface area contributed by atoms with Crippen molar-refractivity contribution in [3.8, 4) is 5.75 Å². The highest BCUT2D eigenvalue weighted by Crippen LogP contribution is 2.29. The van der Waals surface area contributed by atoms with Crippen LogP contribution in [0.25, 0.3) is 5.57 Å². The monoisotopic (exact) mass is 202 g/mol. The molecule has 78 valence electrons. The molecule has 0 amide bonds. The molecular weight excluding hydrogens is 188 g/mol. The van der Waals surface area contributed by atoms with E-state index in [1.165, 1.54) is 0 Å². The van der Waals surface area contributed by atoms with Crippen LogP contribution >= 0.6 is 0 Å². The fourth-order valence-corrected chi connectivity index (χ4v) is 1.26. The summed E-state index contributed by atoms with van der Waals surface area (Å²) in [6, 6.07) is 5.22. The third-order valence-corrected chi connectivity index (χ3v) is 2.20. The molecule has 0 aliphatic rings. The Bertz CT molecular complexity index is 417. The van der Waals surface area contributed by atoms with Crippen LogP contribution in [-0.4, -0.2) is 13.4 Å². The van der Waals surface area contributed by atoms with Crippen molar-refractivity contribution in [2.24, 2.45) is 0 Å². The molecule has 15 heavy (non-hydrogen) atoms. The predicted octanol–water partition coefficient (Wildman–Crippen LogP) is 3.10. The maximum absolute atomic E-state index is 10.7. The number of aldehydes is 1. The third kappa shape index (κ3) is 2.34. The number of benzene rings is 1. The van der Waals surface area contributed by atoms with Gasteiger partial charge in [-0.05, 0) is 30.7 Å². The molecule has 0 aliphatic carbocycles. The van der Waals surface area contributed by atoms with E-state index < -0.39 is 0 Å². The maximum atomic E-state index is 10.7. The molecule has 0 heterocycles. The van der Waals surface area contributed by atoms with Crippen LogP contribution in [0, 0.1) is 0 Å². The van der Waals surface area contributed by atoms with E-state index in [0.29, 0.717) is 11.3 Å². The zero-order valence-electron chi connectivity index (χ0n) is 9.04. The summed E-state index contributed by atoms with van der Waals surface area (Å²) in [6.07, 6.45) is 0.800. The first-order valence-corrected chi connectivity index (χ1v) is 4.58. The van der Waals surface area contributed by atoms with Gasteiger partial charge in [0.1, 0.15) is 12.0 Å². The quantitative estimate of drug-likeness (QED) is 0.554. The van der Waals surface area contributed by atoms with Gasteiger partial charge in [-0.25, -0.2) is 0 Å². The minimum atomic E-state index is 0.605. The predicted molar refractivity (Wildman–Crippen MR) is 62.2 cm³/mol. The molecule has 1 aromatic carbocycles. The lowest BCUT2D eigenvalue weighted by Gasteiger charge is -2.11. The average molecular weight is 202 g/mol. The Balaban J connectivity index is 3.29. The van der Waals surface area contributed by atoms with Crippen LogP contribution in [0.4, 0.5) is 0 Å². The molecule has 0 N–H and O–H groups in total. The summed E-state index contributed by atoms with van der Waals surface area (Å²) in [4.78, 5) is 10.7. The summed E-state index contributed by atoms with van der Waals surface area (Å²) < 4.78 is 5.20. The number of carbonyl (C=O) groups is 1. The summed E-state index contributed by atoms with van der Waals surface area (Å²) in [5, 5.41) is 0. The Morgan fingerprint density at radius 3 is 2.53 bits per heavy atom. The highest BCUT2D eigenvalue weighted by Gasteiger charge is 2.08. The number of hydrogen-bond acceptors (Lipinski definition) is 2. The molecule has 0 saturated carbocycles. The summed E-state index contributed by atoms with van der Waals surface area (Å²) in [5.74, 6) is 0.702. The largest absolute Gasteiger partial charge is 0.496 e. The number of carbonyl (C=O) groups excluding carboxylic acids is 1. The zero-order valence-corrected chi connectivity index (χ0v) is 9.04. The first-order chi connectivity index (χ1) is 7.10. The molecule has 0 aromatic heterocycles. The van der Waals surface area contributed by atoms with E-state index in [1.54, 1.807) is 25.3 Å². The topological polar surface area (TPSA) is 26.3 Å². The summed E-state index contributed by atoms with van der Waals surface area (Å²) >= 11 is 0. The van der Waals surface area contributed by atoms with Crippen LogP contribution in [0.1, 0.15) is 22.8 Å². The molecule has 1 aromatic rings. The molecule has 2 heteroatoms. The highest BCUT2D eigenvalue weighted by molar-refractivity contribution is 5.84. The summed E-state index contributed by atoms with van der Waals surface area (Å²) in [7, 11) is 1.59. The number of rotatable bonds is 4. The van der Waals surface area contributed by atoms with Crippen molar-refractivity contribution in [3.63, 3.8) is 0 Å². The van der Waals surface area contributed by atoms with Gasteiger partial charge in [0.05, 0.1) is 7.11 Å². The minimum absolute atomic E-state index is 0.605. The molecule has 0 atom stereocenters. The van der Waals surface area contributed by atoms with Gasteiger partial charge in [0, 0.05) is 11.1 Å². The van der Waals surface area contributed by atoms with Gasteiger partial charge in [0.25, 0.3) is 0 Å². The van der Waals surface area contributed by atoms with Crippen LogP contribution in [0.5, 0.6) is 5.75 Å². The van der Waals surface area contributed by atoms with Gasteiger partial charge in [-0.1, -0.05) is 18.7 Å². The summed E-state index contributed by atoms with van der Waals surface area (Å²) in [5.41, 5.74) is 3.06. The van der Waals surface area contributed by atoms with Crippen LogP contribution in [0.3, 0.4) is 0 Å². The Kier molecular flexibility index (Phi) is 3.45. The van der Waals surface area contributed by atoms with Gasteiger partial charge in [0.2, 0.25) is 0 Å². The standard InChI is InChI=1S/C13H14O2/c1-9(2)10(3)12-7-11(8-14)5-6-13(12)15-4/h5-8H,1,3H2,2,4H3. The van der Waals surface area contributed by atoms with Crippen LogP contribution in [0.15, 0.2) is 36.9 Å². The maximum Gasteiger partial charge on any atom is 0.150 e. The first-order valence-electron chi connectivity index (χ1n) is 4.58. The Labute approximate surface area is 89.9 Å². The number of methoxy groups -OCH3 is 1. The molecule has 0 aliphatic heterocycles. The number of ether oxygens (including phenoxy) is 1. The Hall–Kier alpha value is -1.83. The van der Waals surface area contributed by atoms with E-state index in [4.69, 9.17) is 4.74 Å². The smallest absolute Gasteiger partial charge is 0.150 e. The molecule has 0 spiro atoms. The van der Waals surface area contributed by atoms with Crippen molar-refractivity contribution in [2.75, 3.05) is 7.11 Å². The average Bonchev–Trinajstić information content (AvgIpc) is 2.27. The van der Waals surface area contributed by atoms with Crippen molar-refractivity contribution in [2.45, 2.75) is 6.92 Å². The van der Waals surface area contributed by atoms with Crippen molar-refractivity contribution in [1.29, 1.82) is 0 Å². The Morgan fingerprint density at radius 2 is 2.07 bits per heavy atom. The molecule has 1 rings (SSSR count). The normalized spacial score (nSPS) is 9.47. The lowest BCUT2D eigenvalue weighted by molar-refractivity contribution is 0.112. The van der Waals surface area contributed by atoms with Gasteiger partial charge in [-0.3, -0.25) is 4.79 Å². The first kappa shape index (κ1) is 11.2. The van der Waals surface area contributed by atoms with E-state index >= 15 is 0 Å². The molecule has 0 saturated heterocycles. The van der Waals surface area contributed by atoms with Crippen LogP contribution in [0.2, 0.25) is 0 Å². The highest BCUT2D eigenvalue weighted by atomic mass is 16.5. The van der Waals surface area contributed by atoms with Crippen LogP contribution < -0.4 is 4.74 Å². The van der Waals surface area contributed by atoms with E-state index in [9.17, 15) is 4.79 Å². The molecule has 0 unspecified atom stereocenters. The number of allylic oxidation sites excluding steroid dienone is 2. The fraction of sp³-hybridized carbons (Fsp3) is 0.154. The van der Waals surface area contributed by atoms with Crippen LogP contribution in [-0.2, 0) is 0 Å². The van der Waals surface area contributed by atoms with Crippen molar-refractivity contribution in [1.82, 2.24) is 0 Å². The summed E-state index contributed by atoms with van der Waals surface area (Å²) in [6.45, 7) is 9.60. The van der Waals surface area contributed by atoms with E-state index in [1.807, 2.05) is 6.92 Å². The molecule has 0 bridgehead atoms. The van der Waals surface area contributed by atoms with Crippen molar-refractivity contribution >= 4 is 11.9 Å². The second kappa shape index (κ2) is 4.60.